The number of nitrogens with one attached hydrogen (secondary N) is 2. The zero-order chi connectivity index (χ0) is 47.5. The molecule has 8 heterocycles. The maximum Gasteiger partial charge on any atom is 0.319 e. The van der Waals surface area contributed by atoms with E-state index in [2.05, 4.69) is 54.5 Å². The molecule has 3 aromatic heterocycles. The summed E-state index contributed by atoms with van der Waals surface area (Å²) in [4.78, 5) is 58.7. The summed E-state index contributed by atoms with van der Waals surface area (Å²) in [6.07, 6.45) is 14.1. The number of likely N-dealkylation sites (tertiary alicyclic amines) is 2. The van der Waals surface area contributed by atoms with Crippen LogP contribution < -0.4 is 20.3 Å². The molecule has 5 aliphatic heterocycles. The van der Waals surface area contributed by atoms with E-state index in [1.165, 1.54) is 36.0 Å². The third kappa shape index (κ3) is 8.47. The highest BCUT2D eigenvalue weighted by Crippen LogP contribution is 2.40. The molecule has 0 spiro atoms. The van der Waals surface area contributed by atoms with Gasteiger partial charge in [0.1, 0.15) is 28.6 Å². The van der Waals surface area contributed by atoms with Crippen LogP contribution >= 0.6 is 0 Å². The standard InChI is InChI=1S/C52H54F2N10O5/c1-3-36-41(53)11-6-32-23-35(65)25-39(44(32)36)47-45(54)48-40(26-55-47)49(64-27-33-7-8-34(28-64)56-33)59-52(58-48)69-22-4-17-62-18-13-30(14-19-62)51(68)63-20-15-29(16-21-63)31-5-9-37-42(24-31)61(2)60-46(37)38-10-12-43(66)57-50(38)67/h1,5-6,9,11,23-26,29-30,33-34,38,56,65H,4,7-8,10,12-22,27-28H2,2H3,(H,57,66,67). The van der Waals surface area contributed by atoms with Gasteiger partial charge in [-0.2, -0.15) is 15.1 Å². The number of pyridine rings is 1. The average Bonchev–Trinajstić information content (AvgIpc) is 3.88. The predicted molar refractivity (Wildman–Crippen MR) is 256 cm³/mol. The van der Waals surface area contributed by atoms with Crippen LogP contribution in [0, 0.1) is 29.9 Å². The minimum atomic E-state index is -0.758. The van der Waals surface area contributed by atoms with Gasteiger partial charge in [-0.25, -0.2) is 8.78 Å². The Morgan fingerprint density at radius 1 is 0.942 bits per heavy atom. The van der Waals surface area contributed by atoms with Crippen LogP contribution in [0.4, 0.5) is 14.6 Å². The van der Waals surface area contributed by atoms with Crippen LogP contribution in [0.2, 0.25) is 0 Å². The van der Waals surface area contributed by atoms with Crippen LogP contribution in [-0.2, 0) is 21.4 Å². The third-order valence-corrected chi connectivity index (χ3v) is 15.1. The number of amides is 3. The van der Waals surface area contributed by atoms with E-state index >= 15 is 4.39 Å². The molecule has 5 saturated heterocycles. The van der Waals surface area contributed by atoms with Gasteiger partial charge in [0.15, 0.2) is 5.82 Å². The number of aromatic hydroxyl groups is 1. The number of terminal acetylenes is 1. The second-order valence-corrected chi connectivity index (χ2v) is 19.4. The number of hydrogen-bond acceptors (Lipinski definition) is 12. The molecular formula is C52H54F2N10O5. The van der Waals surface area contributed by atoms with Crippen LogP contribution in [0.3, 0.4) is 0 Å². The number of carbonyl (C=O) groups excluding carboxylic acids is 3. The Balaban J connectivity index is 0.717. The van der Waals surface area contributed by atoms with Crippen molar-refractivity contribution in [2.45, 2.75) is 81.7 Å². The fourth-order valence-electron chi connectivity index (χ4n) is 11.6. The Morgan fingerprint density at radius 3 is 2.48 bits per heavy atom. The first-order valence-electron chi connectivity index (χ1n) is 24.2. The maximum atomic E-state index is 17.0. The first-order valence-corrected chi connectivity index (χ1v) is 24.2. The number of aryl methyl sites for hydroxylation is 1. The topological polar surface area (TPSA) is 171 Å². The molecule has 5 fully saturated rings. The Morgan fingerprint density at radius 2 is 1.72 bits per heavy atom. The number of rotatable bonds is 10. The van der Waals surface area contributed by atoms with E-state index in [0.29, 0.717) is 80.3 Å². The second-order valence-electron chi connectivity index (χ2n) is 19.4. The van der Waals surface area contributed by atoms with E-state index in [-0.39, 0.29) is 75.2 Å². The van der Waals surface area contributed by atoms with E-state index in [1.807, 2.05) is 16.6 Å². The van der Waals surface area contributed by atoms with E-state index < -0.39 is 17.6 Å². The number of benzene rings is 3. The number of fused-ring (bicyclic) bond motifs is 5. The monoisotopic (exact) mass is 936 g/mol. The van der Waals surface area contributed by atoms with Crippen LogP contribution in [0.25, 0.3) is 43.8 Å². The summed E-state index contributed by atoms with van der Waals surface area (Å²) in [5, 5.41) is 23.5. The molecule has 11 rings (SSSR count). The molecule has 3 unspecified atom stereocenters. The smallest absolute Gasteiger partial charge is 0.319 e. The predicted octanol–water partition coefficient (Wildman–Crippen LogP) is 6.04. The van der Waals surface area contributed by atoms with Crippen molar-refractivity contribution in [1.82, 2.24) is 45.2 Å². The molecule has 3 aromatic carbocycles. The van der Waals surface area contributed by atoms with Crippen molar-refractivity contribution in [2.24, 2.45) is 13.0 Å². The molecule has 6 aromatic rings. The van der Waals surface area contributed by atoms with Gasteiger partial charge in [-0.1, -0.05) is 24.1 Å². The SMILES string of the molecule is C#Cc1c(F)ccc2cc(O)cc(-c3ncc4c(N5CC6CCC(C5)N6)nc(OCCCN5CCC(C(=O)N6CCC(c7ccc8c(C9CCC(=O)NC9=O)nn(C)c8c7)CC6)CC5)nc4c3F)c12. The molecule has 5 aliphatic rings. The number of carbonyl (C=O) groups is 3. The average molecular weight is 937 g/mol. The zero-order valence-electron chi connectivity index (χ0n) is 38.5. The number of piperidine rings is 3. The molecular weight excluding hydrogens is 883 g/mol. The number of piperazine rings is 1. The van der Waals surface area contributed by atoms with Gasteiger partial charge >= 0.3 is 6.01 Å². The summed E-state index contributed by atoms with van der Waals surface area (Å²) in [5.74, 6) is 0.945. The Labute approximate surface area is 397 Å². The third-order valence-electron chi connectivity index (χ3n) is 15.1. The van der Waals surface area contributed by atoms with Gasteiger partial charge < -0.3 is 29.9 Å². The Hall–Kier alpha value is -6.77. The number of halogens is 2. The summed E-state index contributed by atoms with van der Waals surface area (Å²) in [6, 6.07) is 12.4. The number of phenols is 1. The number of anilines is 1. The molecule has 0 radical (unpaired) electrons. The van der Waals surface area contributed by atoms with Crippen LogP contribution in [-0.4, -0.2) is 122 Å². The quantitative estimate of drug-likeness (QED) is 0.0828. The van der Waals surface area contributed by atoms with Gasteiger partial charge in [-0.05, 0) is 106 Å². The molecule has 2 bridgehead atoms. The Bertz CT molecular complexity index is 3070. The number of ether oxygens (including phenoxy) is 1. The largest absolute Gasteiger partial charge is 0.508 e. The van der Waals surface area contributed by atoms with E-state index in [1.54, 1.807) is 0 Å². The summed E-state index contributed by atoms with van der Waals surface area (Å²) in [6.45, 7) is 5.44. The number of imide groups is 1. The van der Waals surface area contributed by atoms with Gasteiger partial charge in [0.05, 0.1) is 34.7 Å². The molecule has 17 heteroatoms. The van der Waals surface area contributed by atoms with Crippen molar-refractivity contribution < 1.29 is 33.0 Å². The molecule has 0 saturated carbocycles. The van der Waals surface area contributed by atoms with Crippen molar-refractivity contribution in [1.29, 1.82) is 0 Å². The summed E-state index contributed by atoms with van der Waals surface area (Å²) in [5.41, 5.74) is 2.85. The first-order chi connectivity index (χ1) is 33.5. The van der Waals surface area contributed by atoms with Gasteiger partial charge in [0.25, 0.3) is 0 Å². The first kappa shape index (κ1) is 44.7. The number of phenolic OH excluding ortho intramolecular Hbond substituents is 1. The van der Waals surface area contributed by atoms with Crippen LogP contribution in [0.15, 0.2) is 48.7 Å². The number of hydrogen-bond donors (Lipinski definition) is 3. The molecule has 15 nitrogen and oxygen atoms in total. The molecule has 3 N–H and O–H groups in total. The van der Waals surface area contributed by atoms with Gasteiger partial charge in [0.2, 0.25) is 17.7 Å². The van der Waals surface area contributed by atoms with Crippen molar-refractivity contribution >= 4 is 56.1 Å². The summed E-state index contributed by atoms with van der Waals surface area (Å²) < 4.78 is 40.0. The zero-order valence-corrected chi connectivity index (χ0v) is 38.5. The lowest BCUT2D eigenvalue weighted by Crippen LogP contribution is -2.51. The van der Waals surface area contributed by atoms with Crippen molar-refractivity contribution in [3.8, 4) is 35.4 Å². The number of nitrogens with zero attached hydrogens (tertiary/aromatic N) is 8. The second kappa shape index (κ2) is 18.3. The molecule has 69 heavy (non-hydrogen) atoms. The lowest BCUT2D eigenvalue weighted by molar-refractivity contribution is -0.138. The lowest BCUT2D eigenvalue weighted by Gasteiger charge is -2.37. The van der Waals surface area contributed by atoms with Gasteiger partial charge in [-0.15, -0.1) is 6.42 Å². The molecule has 0 aliphatic carbocycles. The highest BCUT2D eigenvalue weighted by molar-refractivity contribution is 6.04. The normalized spacial score (nSPS) is 21.6. The minimum absolute atomic E-state index is 0.00490. The summed E-state index contributed by atoms with van der Waals surface area (Å²) in [7, 11) is 1.89. The van der Waals surface area contributed by atoms with E-state index in [9.17, 15) is 23.9 Å². The van der Waals surface area contributed by atoms with E-state index in [4.69, 9.17) is 21.2 Å². The Kier molecular flexibility index (Phi) is 11.8. The van der Waals surface area contributed by atoms with Crippen LogP contribution in [0.5, 0.6) is 11.8 Å². The lowest BCUT2D eigenvalue weighted by atomic mass is 9.87. The fraction of sp³-hybridized carbons (Fsp3) is 0.442. The molecule has 356 valence electrons. The van der Waals surface area contributed by atoms with Crippen LogP contribution in [0.1, 0.15) is 86.4 Å². The van der Waals surface area contributed by atoms with E-state index in [0.717, 1.165) is 69.1 Å². The van der Waals surface area contributed by atoms with Crippen molar-refractivity contribution in [3.05, 3.63) is 77.1 Å². The van der Waals surface area contributed by atoms with Gasteiger partial charge in [0, 0.05) is 86.7 Å². The van der Waals surface area contributed by atoms with Gasteiger partial charge in [-0.3, -0.25) is 29.4 Å². The maximum absolute atomic E-state index is 17.0. The molecule has 3 atom stereocenters. The van der Waals surface area contributed by atoms with Crippen molar-refractivity contribution in [2.75, 3.05) is 57.3 Å². The highest BCUT2D eigenvalue weighted by atomic mass is 19.1. The summed E-state index contributed by atoms with van der Waals surface area (Å²) >= 11 is 0. The minimum Gasteiger partial charge on any atom is -0.508 e. The van der Waals surface area contributed by atoms with Crippen molar-refractivity contribution in [3.63, 3.8) is 0 Å². The fourth-order valence-corrected chi connectivity index (χ4v) is 11.6. The number of aromatic nitrogens is 5. The highest BCUT2D eigenvalue weighted by Gasteiger charge is 2.36. The molecule has 3 amide bonds.